The highest BCUT2D eigenvalue weighted by atomic mass is 32.2. The molecule has 20 heavy (non-hydrogen) atoms. The first-order valence-corrected chi connectivity index (χ1v) is 8.25. The maximum absolute atomic E-state index is 11.9. The predicted molar refractivity (Wildman–Crippen MR) is 82.1 cm³/mol. The van der Waals surface area contributed by atoms with Gasteiger partial charge < -0.3 is 15.7 Å². The van der Waals surface area contributed by atoms with Gasteiger partial charge in [-0.05, 0) is 24.5 Å². The minimum absolute atomic E-state index is 0.123. The highest BCUT2D eigenvalue weighted by Crippen LogP contribution is 2.39. The molecule has 1 aliphatic rings. The lowest BCUT2D eigenvalue weighted by Crippen LogP contribution is -2.53. The van der Waals surface area contributed by atoms with Crippen LogP contribution < -0.4 is 10.6 Å². The topological polar surface area (TPSA) is 78.4 Å². The summed E-state index contributed by atoms with van der Waals surface area (Å²) in [5.74, 6) is -1.01. The van der Waals surface area contributed by atoms with E-state index in [1.54, 1.807) is 32.5 Å². The first-order chi connectivity index (χ1) is 9.20. The van der Waals surface area contributed by atoms with Crippen molar-refractivity contribution < 1.29 is 14.7 Å². The molecule has 0 aliphatic heterocycles. The summed E-state index contributed by atoms with van der Waals surface area (Å²) < 4.78 is 0.123. The molecule has 2 amide bonds. The average molecular weight is 302 g/mol. The molecule has 1 atom stereocenters. The van der Waals surface area contributed by atoms with Crippen molar-refractivity contribution in [1.82, 2.24) is 10.6 Å². The molecular formula is C14H26N2O3S. The van der Waals surface area contributed by atoms with Crippen LogP contribution in [0.25, 0.3) is 0 Å². The van der Waals surface area contributed by atoms with E-state index in [0.29, 0.717) is 6.54 Å². The zero-order valence-electron chi connectivity index (χ0n) is 12.8. The van der Waals surface area contributed by atoms with E-state index in [1.165, 1.54) is 12.8 Å². The molecule has 1 unspecified atom stereocenters. The number of aliphatic carboxylic acids is 1. The maximum Gasteiger partial charge on any atom is 0.326 e. The van der Waals surface area contributed by atoms with Gasteiger partial charge in [0.2, 0.25) is 0 Å². The third kappa shape index (κ3) is 4.58. The summed E-state index contributed by atoms with van der Waals surface area (Å²) in [7, 11) is 0. The smallest absolute Gasteiger partial charge is 0.326 e. The number of hydrogen-bond donors (Lipinski definition) is 3. The Morgan fingerprint density at radius 1 is 1.30 bits per heavy atom. The third-order valence-electron chi connectivity index (χ3n) is 3.91. The molecule has 0 aromatic rings. The van der Waals surface area contributed by atoms with Crippen LogP contribution in [0.5, 0.6) is 0 Å². The van der Waals surface area contributed by atoms with Crippen molar-refractivity contribution in [1.29, 1.82) is 0 Å². The average Bonchev–Trinajstić information content (AvgIpc) is 2.81. The lowest BCUT2D eigenvalue weighted by atomic mass is 9.87. The Morgan fingerprint density at radius 3 is 2.25 bits per heavy atom. The maximum atomic E-state index is 11.9. The van der Waals surface area contributed by atoms with Crippen molar-refractivity contribution in [2.75, 3.05) is 12.8 Å². The van der Waals surface area contributed by atoms with E-state index in [1.807, 2.05) is 0 Å². The van der Waals surface area contributed by atoms with Gasteiger partial charge in [-0.25, -0.2) is 9.59 Å². The summed E-state index contributed by atoms with van der Waals surface area (Å²) in [4.78, 5) is 23.1. The van der Waals surface area contributed by atoms with Gasteiger partial charge in [-0.1, -0.05) is 33.6 Å². The molecule has 3 N–H and O–H groups in total. The molecule has 0 spiro atoms. The molecule has 6 heteroatoms. The number of urea groups is 1. The van der Waals surface area contributed by atoms with Crippen LogP contribution in [0.1, 0.15) is 46.5 Å². The number of carbonyl (C=O) groups is 2. The van der Waals surface area contributed by atoms with Crippen LogP contribution >= 0.6 is 11.8 Å². The molecule has 1 aliphatic carbocycles. The van der Waals surface area contributed by atoms with Gasteiger partial charge in [-0.2, -0.15) is 11.8 Å². The van der Waals surface area contributed by atoms with E-state index >= 15 is 0 Å². The van der Waals surface area contributed by atoms with Crippen LogP contribution in [0.3, 0.4) is 0 Å². The fraction of sp³-hybridized carbons (Fsp3) is 0.857. The largest absolute Gasteiger partial charge is 0.480 e. The van der Waals surface area contributed by atoms with Gasteiger partial charge >= 0.3 is 12.0 Å². The van der Waals surface area contributed by atoms with Gasteiger partial charge in [0.15, 0.2) is 0 Å². The molecule has 0 bridgehead atoms. The molecule has 0 heterocycles. The number of nitrogens with one attached hydrogen (secondary N) is 2. The summed E-state index contributed by atoms with van der Waals surface area (Å²) in [5, 5.41) is 14.6. The highest BCUT2D eigenvalue weighted by Gasteiger charge is 2.35. The normalized spacial score (nSPS) is 19.4. The van der Waals surface area contributed by atoms with Crippen LogP contribution in [0.4, 0.5) is 4.79 Å². The molecule has 1 fully saturated rings. The van der Waals surface area contributed by atoms with Crippen molar-refractivity contribution in [3.63, 3.8) is 0 Å². The predicted octanol–water partition coefficient (Wildman–Crippen LogP) is 2.46. The Labute approximate surface area is 125 Å². The van der Waals surface area contributed by atoms with E-state index in [0.717, 1.165) is 12.8 Å². The Balaban J connectivity index is 2.52. The molecule has 0 saturated heterocycles. The van der Waals surface area contributed by atoms with Crippen molar-refractivity contribution in [3.05, 3.63) is 0 Å². The molecule has 1 saturated carbocycles. The summed E-state index contributed by atoms with van der Waals surface area (Å²) in [6.07, 6.45) is 6.68. The molecule has 116 valence electrons. The lowest BCUT2D eigenvalue weighted by Gasteiger charge is -2.30. The van der Waals surface area contributed by atoms with E-state index in [-0.39, 0.29) is 4.75 Å². The van der Waals surface area contributed by atoms with Crippen molar-refractivity contribution in [2.24, 2.45) is 5.41 Å². The third-order valence-corrected chi connectivity index (χ3v) is 5.33. The Kier molecular flexibility index (Phi) is 5.74. The zero-order chi connectivity index (χ0) is 15.4. The minimum atomic E-state index is -1.01. The van der Waals surface area contributed by atoms with Crippen LogP contribution in [0.15, 0.2) is 0 Å². The number of hydrogen-bond acceptors (Lipinski definition) is 3. The standard InChI is InChI=1S/C14H26N2O3S/c1-13(2,3)10(11(17)18)16-12(19)15-9-14(20-4)7-5-6-8-14/h10H,5-9H2,1-4H3,(H,17,18)(H2,15,16,19). The summed E-state index contributed by atoms with van der Waals surface area (Å²) in [6.45, 7) is 5.99. The first-order valence-electron chi connectivity index (χ1n) is 7.02. The van der Waals surface area contributed by atoms with Crippen LogP contribution in [0.2, 0.25) is 0 Å². The van der Waals surface area contributed by atoms with Gasteiger partial charge in [0.1, 0.15) is 6.04 Å². The van der Waals surface area contributed by atoms with E-state index in [9.17, 15) is 14.7 Å². The first kappa shape index (κ1) is 17.1. The lowest BCUT2D eigenvalue weighted by molar-refractivity contribution is -0.141. The summed E-state index contributed by atoms with van der Waals surface area (Å²) in [6, 6.07) is -1.29. The van der Waals surface area contributed by atoms with Crippen LogP contribution in [-0.2, 0) is 4.79 Å². The number of carboxylic acids is 1. The fourth-order valence-corrected chi connectivity index (χ4v) is 3.46. The number of carbonyl (C=O) groups excluding carboxylic acids is 1. The SMILES string of the molecule is CSC1(CNC(=O)NC(C(=O)O)C(C)(C)C)CCCC1. The van der Waals surface area contributed by atoms with Crippen LogP contribution in [-0.4, -0.2) is 40.7 Å². The van der Waals surface area contributed by atoms with E-state index < -0.39 is 23.5 Å². The van der Waals surface area contributed by atoms with Gasteiger partial charge in [-0.15, -0.1) is 0 Å². The highest BCUT2D eigenvalue weighted by molar-refractivity contribution is 8.00. The second-order valence-electron chi connectivity index (χ2n) is 6.56. The summed E-state index contributed by atoms with van der Waals surface area (Å²) in [5.41, 5.74) is -0.520. The van der Waals surface area contributed by atoms with Crippen molar-refractivity contribution in [2.45, 2.75) is 57.2 Å². The second kappa shape index (κ2) is 6.70. The molecular weight excluding hydrogens is 276 g/mol. The van der Waals surface area contributed by atoms with Gasteiger partial charge in [0.05, 0.1) is 0 Å². The van der Waals surface area contributed by atoms with Crippen molar-refractivity contribution in [3.8, 4) is 0 Å². The minimum Gasteiger partial charge on any atom is -0.480 e. The number of rotatable bonds is 5. The van der Waals surface area contributed by atoms with E-state index in [2.05, 4.69) is 16.9 Å². The molecule has 0 aromatic carbocycles. The van der Waals surface area contributed by atoms with E-state index in [4.69, 9.17) is 0 Å². The van der Waals surface area contributed by atoms with Crippen LogP contribution in [0, 0.1) is 5.41 Å². The number of carboxylic acid groups (broad SMARTS) is 1. The zero-order valence-corrected chi connectivity index (χ0v) is 13.6. The molecule has 1 rings (SSSR count). The molecule has 0 radical (unpaired) electrons. The van der Waals surface area contributed by atoms with Crippen molar-refractivity contribution >= 4 is 23.8 Å². The number of amides is 2. The molecule has 5 nitrogen and oxygen atoms in total. The monoisotopic (exact) mass is 302 g/mol. The number of thioether (sulfide) groups is 1. The van der Waals surface area contributed by atoms with Gasteiger partial charge in [-0.3, -0.25) is 0 Å². The quantitative estimate of drug-likeness (QED) is 0.729. The summed E-state index contributed by atoms with van der Waals surface area (Å²) >= 11 is 1.79. The van der Waals surface area contributed by atoms with Gasteiger partial charge in [0, 0.05) is 11.3 Å². The Morgan fingerprint density at radius 2 is 1.85 bits per heavy atom. The Hall–Kier alpha value is -0.910. The second-order valence-corrected chi connectivity index (χ2v) is 7.83. The fourth-order valence-electron chi connectivity index (χ4n) is 2.54. The Bertz CT molecular complexity index is 360. The van der Waals surface area contributed by atoms with Gasteiger partial charge in [0.25, 0.3) is 0 Å². The molecule has 0 aromatic heterocycles.